The maximum Gasteiger partial charge on any atom is 0.265 e. The number of para-hydroxylation sites is 1. The molecule has 0 radical (unpaired) electrons. The van der Waals surface area contributed by atoms with E-state index in [-0.39, 0.29) is 6.04 Å². The third-order valence-corrected chi connectivity index (χ3v) is 7.26. The van der Waals surface area contributed by atoms with Gasteiger partial charge in [-0.05, 0) is 56.6 Å². The zero-order valence-corrected chi connectivity index (χ0v) is 16.3. The summed E-state index contributed by atoms with van der Waals surface area (Å²) < 4.78 is 29.3. The molecule has 3 aromatic rings. The molecule has 0 bridgehead atoms. The van der Waals surface area contributed by atoms with Crippen LogP contribution in [0.1, 0.15) is 12.8 Å². The SMILES string of the molecule is CN1CCC(N(c2ccccc2)S(=O)(=O)c2cccc3ccccc23)CC1. The highest BCUT2D eigenvalue weighted by Crippen LogP contribution is 2.33. The van der Waals surface area contributed by atoms with Gasteiger partial charge in [0.2, 0.25) is 0 Å². The van der Waals surface area contributed by atoms with E-state index in [1.54, 1.807) is 10.4 Å². The van der Waals surface area contributed by atoms with Crippen molar-refractivity contribution < 1.29 is 8.42 Å². The van der Waals surface area contributed by atoms with E-state index in [0.717, 1.165) is 42.4 Å². The number of nitrogens with zero attached hydrogens (tertiary/aromatic N) is 2. The molecule has 0 unspecified atom stereocenters. The normalized spacial score (nSPS) is 16.5. The Bertz CT molecular complexity index is 1020. The molecule has 1 aliphatic heterocycles. The number of sulfonamides is 1. The Morgan fingerprint density at radius 3 is 2.22 bits per heavy atom. The van der Waals surface area contributed by atoms with Gasteiger partial charge in [-0.2, -0.15) is 0 Å². The Balaban J connectivity index is 1.85. The maximum absolute atomic E-state index is 13.8. The lowest BCUT2D eigenvalue weighted by atomic mass is 10.1. The van der Waals surface area contributed by atoms with Gasteiger partial charge in [-0.1, -0.05) is 54.6 Å². The molecular formula is C22H24N2O2S. The monoisotopic (exact) mass is 380 g/mol. The van der Waals surface area contributed by atoms with Crippen LogP contribution in [0.25, 0.3) is 10.8 Å². The predicted octanol–water partition coefficient (Wildman–Crippen LogP) is 4.13. The minimum Gasteiger partial charge on any atom is -0.306 e. The van der Waals surface area contributed by atoms with E-state index >= 15 is 0 Å². The van der Waals surface area contributed by atoms with Crippen molar-refractivity contribution >= 4 is 26.5 Å². The first-order chi connectivity index (χ1) is 13.1. The first-order valence-electron chi connectivity index (χ1n) is 9.33. The molecule has 1 saturated heterocycles. The second-order valence-electron chi connectivity index (χ2n) is 7.15. The molecule has 0 amide bonds. The highest BCUT2D eigenvalue weighted by Gasteiger charge is 2.34. The van der Waals surface area contributed by atoms with Crippen molar-refractivity contribution in [3.05, 3.63) is 72.8 Å². The van der Waals surface area contributed by atoms with Crippen molar-refractivity contribution in [3.63, 3.8) is 0 Å². The van der Waals surface area contributed by atoms with Crippen LogP contribution in [-0.4, -0.2) is 39.5 Å². The molecule has 4 nitrogen and oxygen atoms in total. The number of hydrogen-bond donors (Lipinski definition) is 0. The minimum absolute atomic E-state index is 0.0347. The van der Waals surface area contributed by atoms with E-state index in [1.807, 2.05) is 66.7 Å². The van der Waals surface area contributed by atoms with Gasteiger partial charge < -0.3 is 4.90 Å². The zero-order chi connectivity index (χ0) is 18.9. The predicted molar refractivity (Wildman–Crippen MR) is 111 cm³/mol. The first kappa shape index (κ1) is 18.0. The van der Waals surface area contributed by atoms with Gasteiger partial charge in [-0.25, -0.2) is 8.42 Å². The smallest absolute Gasteiger partial charge is 0.265 e. The van der Waals surface area contributed by atoms with Crippen molar-refractivity contribution in [1.29, 1.82) is 0 Å². The highest BCUT2D eigenvalue weighted by molar-refractivity contribution is 7.93. The summed E-state index contributed by atoms with van der Waals surface area (Å²) in [6.07, 6.45) is 1.66. The average Bonchev–Trinajstić information content (AvgIpc) is 2.70. The Kier molecular flexibility index (Phi) is 4.89. The van der Waals surface area contributed by atoms with Gasteiger partial charge in [0.25, 0.3) is 10.0 Å². The van der Waals surface area contributed by atoms with Gasteiger partial charge in [-0.15, -0.1) is 0 Å². The van der Waals surface area contributed by atoms with Gasteiger partial charge in [-0.3, -0.25) is 4.31 Å². The molecule has 0 atom stereocenters. The molecule has 0 N–H and O–H groups in total. The summed E-state index contributed by atoms with van der Waals surface area (Å²) in [6.45, 7) is 1.80. The summed E-state index contributed by atoms with van der Waals surface area (Å²) in [6, 6.07) is 22.6. The van der Waals surface area contributed by atoms with Crippen LogP contribution in [0, 0.1) is 0 Å². The fraction of sp³-hybridized carbons (Fsp3) is 0.273. The number of rotatable bonds is 4. The number of piperidine rings is 1. The fourth-order valence-corrected chi connectivity index (χ4v) is 5.81. The van der Waals surface area contributed by atoms with E-state index in [0.29, 0.717) is 4.90 Å². The Hall–Kier alpha value is -2.37. The van der Waals surface area contributed by atoms with Crippen molar-refractivity contribution in [3.8, 4) is 0 Å². The maximum atomic E-state index is 13.8. The van der Waals surface area contributed by atoms with Crippen LogP contribution in [0.5, 0.6) is 0 Å². The molecule has 3 aromatic carbocycles. The molecular weight excluding hydrogens is 356 g/mol. The van der Waals surface area contributed by atoms with Crippen molar-refractivity contribution in [2.45, 2.75) is 23.8 Å². The van der Waals surface area contributed by atoms with Crippen LogP contribution < -0.4 is 4.31 Å². The van der Waals surface area contributed by atoms with Gasteiger partial charge in [0.15, 0.2) is 0 Å². The van der Waals surface area contributed by atoms with Crippen LogP contribution in [0.15, 0.2) is 77.7 Å². The summed E-state index contributed by atoms with van der Waals surface area (Å²) >= 11 is 0. The summed E-state index contributed by atoms with van der Waals surface area (Å²) in [5.41, 5.74) is 0.736. The van der Waals surface area contributed by atoms with Crippen molar-refractivity contribution in [2.24, 2.45) is 0 Å². The quantitative estimate of drug-likeness (QED) is 0.683. The largest absolute Gasteiger partial charge is 0.306 e. The molecule has 140 valence electrons. The van der Waals surface area contributed by atoms with Gasteiger partial charge >= 0.3 is 0 Å². The minimum atomic E-state index is -3.68. The fourth-order valence-electron chi connectivity index (χ4n) is 3.88. The molecule has 4 rings (SSSR count). The van der Waals surface area contributed by atoms with Crippen LogP contribution in [-0.2, 0) is 10.0 Å². The molecule has 5 heteroatoms. The molecule has 0 aliphatic carbocycles. The van der Waals surface area contributed by atoms with Gasteiger partial charge in [0, 0.05) is 11.4 Å². The molecule has 0 saturated carbocycles. The van der Waals surface area contributed by atoms with E-state index in [9.17, 15) is 8.42 Å². The molecule has 0 spiro atoms. The van der Waals surface area contributed by atoms with Crippen molar-refractivity contribution in [1.82, 2.24) is 4.90 Å². The Morgan fingerprint density at radius 2 is 1.48 bits per heavy atom. The second kappa shape index (κ2) is 7.33. The van der Waals surface area contributed by atoms with E-state index in [4.69, 9.17) is 0 Å². The Morgan fingerprint density at radius 1 is 0.852 bits per heavy atom. The summed E-state index contributed by atoms with van der Waals surface area (Å²) in [7, 11) is -1.60. The molecule has 1 heterocycles. The number of likely N-dealkylation sites (tertiary alicyclic amines) is 1. The van der Waals surface area contributed by atoms with Crippen LogP contribution >= 0.6 is 0 Å². The first-order valence-corrected chi connectivity index (χ1v) is 10.8. The molecule has 1 aliphatic rings. The summed E-state index contributed by atoms with van der Waals surface area (Å²) in [5.74, 6) is 0. The Labute approximate surface area is 161 Å². The average molecular weight is 381 g/mol. The number of benzene rings is 3. The van der Waals surface area contributed by atoms with Crippen molar-refractivity contribution in [2.75, 3.05) is 24.4 Å². The molecule has 0 aromatic heterocycles. The lowest BCUT2D eigenvalue weighted by Gasteiger charge is -2.38. The lowest BCUT2D eigenvalue weighted by Crippen LogP contribution is -2.46. The molecule has 27 heavy (non-hydrogen) atoms. The van der Waals surface area contributed by atoms with Crippen LogP contribution in [0.3, 0.4) is 0 Å². The van der Waals surface area contributed by atoms with Gasteiger partial charge in [0.05, 0.1) is 10.6 Å². The topological polar surface area (TPSA) is 40.6 Å². The highest BCUT2D eigenvalue weighted by atomic mass is 32.2. The van der Waals surface area contributed by atoms with Crippen LogP contribution in [0.2, 0.25) is 0 Å². The lowest BCUT2D eigenvalue weighted by molar-refractivity contribution is 0.257. The van der Waals surface area contributed by atoms with Crippen LogP contribution in [0.4, 0.5) is 5.69 Å². The zero-order valence-electron chi connectivity index (χ0n) is 15.5. The van der Waals surface area contributed by atoms with E-state index in [2.05, 4.69) is 11.9 Å². The standard InChI is InChI=1S/C22H24N2O2S/c1-23-16-14-20(15-17-23)24(19-10-3-2-4-11-19)27(25,26)22-13-7-9-18-8-5-6-12-21(18)22/h2-13,20H,14-17H2,1H3. The number of anilines is 1. The summed E-state index contributed by atoms with van der Waals surface area (Å²) in [4.78, 5) is 2.63. The third kappa shape index (κ3) is 3.45. The third-order valence-electron chi connectivity index (χ3n) is 5.32. The van der Waals surface area contributed by atoms with E-state index < -0.39 is 10.0 Å². The summed E-state index contributed by atoms with van der Waals surface area (Å²) in [5, 5.41) is 1.71. The van der Waals surface area contributed by atoms with Gasteiger partial charge in [0.1, 0.15) is 0 Å². The molecule has 1 fully saturated rings. The second-order valence-corrected chi connectivity index (χ2v) is 8.93. The number of fused-ring (bicyclic) bond motifs is 1. The van der Waals surface area contributed by atoms with E-state index in [1.165, 1.54) is 0 Å². The number of hydrogen-bond acceptors (Lipinski definition) is 3.